The van der Waals surface area contributed by atoms with E-state index in [9.17, 15) is 4.79 Å². The number of halogens is 1. The zero-order valence-corrected chi connectivity index (χ0v) is 14.6. The number of hydrogen-bond acceptors (Lipinski definition) is 3. The molecule has 128 valence electrons. The summed E-state index contributed by atoms with van der Waals surface area (Å²) in [7, 11) is 0. The Morgan fingerprint density at radius 3 is 2.36 bits per heavy atom. The van der Waals surface area contributed by atoms with Crippen LogP contribution in [0.5, 0.6) is 0 Å². The minimum absolute atomic E-state index is 0. The molecule has 3 aliphatic rings. The lowest BCUT2D eigenvalue weighted by atomic mass is 9.91. The van der Waals surface area contributed by atoms with Crippen LogP contribution in [-0.4, -0.2) is 61.0 Å². The van der Waals surface area contributed by atoms with Gasteiger partial charge in [0.25, 0.3) is 0 Å². The molecule has 3 heterocycles. The van der Waals surface area contributed by atoms with Crippen molar-refractivity contribution in [1.82, 2.24) is 15.1 Å². The average molecular weight is 330 g/mol. The number of likely N-dealkylation sites (tertiary alicyclic amines) is 2. The fourth-order valence-electron chi connectivity index (χ4n) is 4.17. The number of nitrogens with one attached hydrogen (secondary N) is 1. The molecule has 0 bridgehead atoms. The molecule has 4 nitrogen and oxygen atoms in total. The van der Waals surface area contributed by atoms with E-state index in [-0.39, 0.29) is 18.4 Å². The maximum atomic E-state index is 12.4. The van der Waals surface area contributed by atoms with Gasteiger partial charge in [-0.05, 0) is 83.5 Å². The molecular weight excluding hydrogens is 298 g/mol. The fourth-order valence-corrected chi connectivity index (χ4v) is 4.17. The van der Waals surface area contributed by atoms with Crippen LogP contribution in [-0.2, 0) is 4.79 Å². The van der Waals surface area contributed by atoms with Gasteiger partial charge >= 0.3 is 0 Å². The second kappa shape index (κ2) is 9.09. The first-order valence-electron chi connectivity index (χ1n) is 9.07. The van der Waals surface area contributed by atoms with E-state index in [1.54, 1.807) is 0 Å². The molecule has 0 aliphatic carbocycles. The van der Waals surface area contributed by atoms with Crippen molar-refractivity contribution in [3.63, 3.8) is 0 Å². The molecule has 3 rings (SSSR count). The lowest BCUT2D eigenvalue weighted by Gasteiger charge is -2.33. The van der Waals surface area contributed by atoms with Crippen LogP contribution in [0.3, 0.4) is 0 Å². The number of piperidine rings is 1. The maximum absolute atomic E-state index is 12.4. The molecule has 5 heteroatoms. The van der Waals surface area contributed by atoms with Gasteiger partial charge in [-0.1, -0.05) is 0 Å². The zero-order valence-electron chi connectivity index (χ0n) is 13.8. The molecule has 0 saturated carbocycles. The van der Waals surface area contributed by atoms with Crippen molar-refractivity contribution in [1.29, 1.82) is 0 Å². The highest BCUT2D eigenvalue weighted by Crippen LogP contribution is 2.23. The summed E-state index contributed by atoms with van der Waals surface area (Å²) in [6.45, 7) is 6.94. The van der Waals surface area contributed by atoms with Gasteiger partial charge in [-0.15, -0.1) is 12.4 Å². The van der Waals surface area contributed by atoms with Crippen LogP contribution >= 0.6 is 12.4 Å². The van der Waals surface area contributed by atoms with Gasteiger partial charge in [0.1, 0.15) is 0 Å². The topological polar surface area (TPSA) is 35.6 Å². The molecule has 3 saturated heterocycles. The maximum Gasteiger partial charge on any atom is 0.239 e. The van der Waals surface area contributed by atoms with Gasteiger partial charge in [0.05, 0.1) is 6.04 Å². The molecule has 3 fully saturated rings. The summed E-state index contributed by atoms with van der Waals surface area (Å²) in [6.07, 6.45) is 10.1. The van der Waals surface area contributed by atoms with Gasteiger partial charge in [0.15, 0.2) is 0 Å². The van der Waals surface area contributed by atoms with Gasteiger partial charge in [0.2, 0.25) is 5.91 Å². The highest BCUT2D eigenvalue weighted by Gasteiger charge is 2.29. The summed E-state index contributed by atoms with van der Waals surface area (Å²) in [5, 5.41) is 3.33. The van der Waals surface area contributed by atoms with Crippen molar-refractivity contribution in [2.75, 3.05) is 39.3 Å². The number of carbonyl (C=O) groups is 1. The molecule has 1 amide bonds. The summed E-state index contributed by atoms with van der Waals surface area (Å²) < 4.78 is 0. The Hall–Kier alpha value is -0.320. The van der Waals surface area contributed by atoms with E-state index < -0.39 is 0 Å². The highest BCUT2D eigenvalue weighted by atomic mass is 35.5. The monoisotopic (exact) mass is 329 g/mol. The number of hydrogen-bond donors (Lipinski definition) is 1. The molecule has 1 N–H and O–H groups in total. The number of nitrogens with zero attached hydrogens (tertiary/aromatic N) is 2. The van der Waals surface area contributed by atoms with Crippen molar-refractivity contribution in [3.8, 4) is 0 Å². The Morgan fingerprint density at radius 1 is 1.00 bits per heavy atom. The third-order valence-corrected chi connectivity index (χ3v) is 5.57. The minimum Gasteiger partial charge on any atom is -0.341 e. The summed E-state index contributed by atoms with van der Waals surface area (Å²) in [5.74, 6) is 1.22. The fraction of sp³-hybridized carbons (Fsp3) is 0.941. The standard InChI is InChI=1S/C17H31N3O.ClH/c21-17(16-6-3-9-18-16)20-13-7-15(8-14-20)5-4-12-19-10-1-2-11-19;/h15-16,18H,1-14H2;1H. The van der Waals surface area contributed by atoms with E-state index in [0.29, 0.717) is 5.91 Å². The molecule has 0 spiro atoms. The van der Waals surface area contributed by atoms with Gasteiger partial charge in [-0.2, -0.15) is 0 Å². The van der Waals surface area contributed by atoms with E-state index in [4.69, 9.17) is 0 Å². The van der Waals surface area contributed by atoms with E-state index in [1.165, 1.54) is 58.2 Å². The van der Waals surface area contributed by atoms with Crippen molar-refractivity contribution in [2.24, 2.45) is 5.92 Å². The molecule has 0 aromatic carbocycles. The first kappa shape index (κ1) is 18.0. The third-order valence-electron chi connectivity index (χ3n) is 5.57. The van der Waals surface area contributed by atoms with Gasteiger partial charge in [-0.25, -0.2) is 0 Å². The van der Waals surface area contributed by atoms with E-state index in [2.05, 4.69) is 15.1 Å². The normalized spacial score (nSPS) is 27.1. The van der Waals surface area contributed by atoms with Crippen LogP contribution in [0.15, 0.2) is 0 Å². The summed E-state index contributed by atoms with van der Waals surface area (Å²) in [4.78, 5) is 17.1. The zero-order chi connectivity index (χ0) is 14.5. The Morgan fingerprint density at radius 2 is 1.73 bits per heavy atom. The average Bonchev–Trinajstić information content (AvgIpc) is 3.21. The lowest BCUT2D eigenvalue weighted by molar-refractivity contribution is -0.134. The third kappa shape index (κ3) is 4.84. The van der Waals surface area contributed by atoms with Gasteiger partial charge < -0.3 is 15.1 Å². The summed E-state index contributed by atoms with van der Waals surface area (Å²) in [6, 6.07) is 0.122. The first-order valence-corrected chi connectivity index (χ1v) is 9.07. The van der Waals surface area contributed by atoms with Crippen LogP contribution < -0.4 is 5.32 Å². The predicted molar refractivity (Wildman–Crippen MR) is 92.5 cm³/mol. The minimum atomic E-state index is 0. The second-order valence-corrected chi connectivity index (χ2v) is 7.11. The Bertz CT molecular complexity index is 333. The SMILES string of the molecule is Cl.O=C(C1CCCN1)N1CCC(CCCN2CCCC2)CC1. The van der Waals surface area contributed by atoms with Crippen LogP contribution in [0.25, 0.3) is 0 Å². The highest BCUT2D eigenvalue weighted by molar-refractivity contribution is 5.85. The van der Waals surface area contributed by atoms with Crippen molar-refractivity contribution in [3.05, 3.63) is 0 Å². The number of rotatable bonds is 5. The van der Waals surface area contributed by atoms with Crippen LogP contribution in [0.1, 0.15) is 51.4 Å². The summed E-state index contributed by atoms with van der Waals surface area (Å²) in [5.41, 5.74) is 0. The van der Waals surface area contributed by atoms with Gasteiger partial charge in [0, 0.05) is 13.1 Å². The molecule has 22 heavy (non-hydrogen) atoms. The molecule has 1 unspecified atom stereocenters. The number of amides is 1. The second-order valence-electron chi connectivity index (χ2n) is 7.11. The first-order chi connectivity index (χ1) is 10.3. The van der Waals surface area contributed by atoms with Crippen molar-refractivity contribution in [2.45, 2.75) is 57.4 Å². The van der Waals surface area contributed by atoms with Crippen LogP contribution in [0.2, 0.25) is 0 Å². The molecule has 0 aromatic heterocycles. The van der Waals surface area contributed by atoms with Crippen LogP contribution in [0.4, 0.5) is 0 Å². The Balaban J connectivity index is 0.00000176. The summed E-state index contributed by atoms with van der Waals surface area (Å²) >= 11 is 0. The van der Waals surface area contributed by atoms with Gasteiger partial charge in [-0.3, -0.25) is 4.79 Å². The van der Waals surface area contributed by atoms with Crippen LogP contribution in [0, 0.1) is 5.92 Å². The van der Waals surface area contributed by atoms with Crippen molar-refractivity contribution < 1.29 is 4.79 Å². The van der Waals surface area contributed by atoms with E-state index in [0.717, 1.165) is 38.4 Å². The predicted octanol–water partition coefficient (Wildman–Crippen LogP) is 2.27. The Labute approximate surface area is 141 Å². The Kier molecular flexibility index (Phi) is 7.45. The van der Waals surface area contributed by atoms with E-state index in [1.807, 2.05) is 0 Å². The molecular formula is C17H32ClN3O. The van der Waals surface area contributed by atoms with E-state index >= 15 is 0 Å². The largest absolute Gasteiger partial charge is 0.341 e. The smallest absolute Gasteiger partial charge is 0.239 e. The van der Waals surface area contributed by atoms with Crippen molar-refractivity contribution >= 4 is 18.3 Å². The lowest BCUT2D eigenvalue weighted by Crippen LogP contribution is -2.47. The molecule has 3 aliphatic heterocycles. The molecule has 0 aromatic rings. The molecule has 1 atom stereocenters. The number of carbonyl (C=O) groups excluding carboxylic acids is 1. The quantitative estimate of drug-likeness (QED) is 0.840. The molecule has 0 radical (unpaired) electrons.